The average molecular weight is 266 g/mol. The lowest BCUT2D eigenvalue weighted by Gasteiger charge is -2.31. The number of aryl methyl sites for hydroxylation is 1. The minimum Gasteiger partial charge on any atom is -0.349 e. The SMILES string of the molecule is Cc1cc(C(=O)NC(CCN)C(C)(C)C)ccc1F. The van der Waals surface area contributed by atoms with Crippen molar-refractivity contribution in [3.8, 4) is 0 Å². The van der Waals surface area contributed by atoms with Crippen LogP contribution in [0.3, 0.4) is 0 Å². The van der Waals surface area contributed by atoms with E-state index in [0.717, 1.165) is 6.42 Å². The summed E-state index contributed by atoms with van der Waals surface area (Å²) in [4.78, 5) is 12.2. The molecule has 106 valence electrons. The van der Waals surface area contributed by atoms with Crippen molar-refractivity contribution in [2.45, 2.75) is 40.2 Å². The van der Waals surface area contributed by atoms with Crippen molar-refractivity contribution in [3.05, 3.63) is 35.1 Å². The molecule has 0 heterocycles. The van der Waals surface area contributed by atoms with Crippen LogP contribution in [0.2, 0.25) is 0 Å². The molecule has 0 aromatic heterocycles. The largest absolute Gasteiger partial charge is 0.349 e. The van der Waals surface area contributed by atoms with Gasteiger partial charge in [-0.2, -0.15) is 0 Å². The molecule has 1 amide bonds. The third-order valence-corrected chi connectivity index (χ3v) is 3.23. The molecule has 0 spiro atoms. The van der Waals surface area contributed by atoms with Gasteiger partial charge in [-0.3, -0.25) is 4.79 Å². The number of nitrogens with one attached hydrogen (secondary N) is 1. The van der Waals surface area contributed by atoms with Gasteiger partial charge in [0.05, 0.1) is 0 Å². The first kappa shape index (κ1) is 15.6. The zero-order valence-electron chi connectivity index (χ0n) is 12.1. The van der Waals surface area contributed by atoms with Crippen LogP contribution in [-0.2, 0) is 0 Å². The molecule has 0 fully saturated rings. The van der Waals surface area contributed by atoms with Gasteiger partial charge in [-0.15, -0.1) is 0 Å². The number of hydrogen-bond acceptors (Lipinski definition) is 2. The summed E-state index contributed by atoms with van der Waals surface area (Å²) in [5, 5.41) is 2.98. The Balaban J connectivity index is 2.84. The van der Waals surface area contributed by atoms with Gasteiger partial charge in [-0.25, -0.2) is 4.39 Å². The number of carbonyl (C=O) groups excluding carboxylic acids is 1. The van der Waals surface area contributed by atoms with Crippen LogP contribution in [0.25, 0.3) is 0 Å². The summed E-state index contributed by atoms with van der Waals surface area (Å²) < 4.78 is 13.2. The van der Waals surface area contributed by atoms with Gasteiger partial charge in [0.15, 0.2) is 0 Å². The van der Waals surface area contributed by atoms with Crippen molar-refractivity contribution in [2.24, 2.45) is 11.1 Å². The van der Waals surface area contributed by atoms with Crippen LogP contribution in [0.5, 0.6) is 0 Å². The molecule has 1 unspecified atom stereocenters. The van der Waals surface area contributed by atoms with Gasteiger partial charge in [0.1, 0.15) is 5.82 Å². The fraction of sp³-hybridized carbons (Fsp3) is 0.533. The fourth-order valence-corrected chi connectivity index (χ4v) is 1.92. The zero-order chi connectivity index (χ0) is 14.6. The molecule has 1 aromatic carbocycles. The molecule has 1 atom stereocenters. The van der Waals surface area contributed by atoms with Crippen LogP contribution in [0.4, 0.5) is 4.39 Å². The maximum atomic E-state index is 13.2. The maximum Gasteiger partial charge on any atom is 0.251 e. The van der Waals surface area contributed by atoms with Crippen LogP contribution in [0, 0.1) is 18.2 Å². The Morgan fingerprint density at radius 3 is 2.53 bits per heavy atom. The first-order valence-corrected chi connectivity index (χ1v) is 6.52. The second-order valence-corrected chi connectivity index (χ2v) is 5.93. The molecule has 4 heteroatoms. The Kier molecular flexibility index (Phi) is 5.06. The molecule has 0 saturated carbocycles. The van der Waals surface area contributed by atoms with Crippen molar-refractivity contribution in [1.82, 2.24) is 5.32 Å². The van der Waals surface area contributed by atoms with Gasteiger partial charge in [0, 0.05) is 11.6 Å². The lowest BCUT2D eigenvalue weighted by molar-refractivity contribution is 0.0898. The Morgan fingerprint density at radius 2 is 2.05 bits per heavy atom. The molecule has 1 rings (SSSR count). The summed E-state index contributed by atoms with van der Waals surface area (Å²) in [6, 6.07) is 4.38. The first-order chi connectivity index (χ1) is 8.75. The van der Waals surface area contributed by atoms with Crippen molar-refractivity contribution in [3.63, 3.8) is 0 Å². The van der Waals surface area contributed by atoms with Gasteiger partial charge in [-0.1, -0.05) is 20.8 Å². The molecule has 0 aliphatic heterocycles. The van der Waals surface area contributed by atoms with Crippen molar-refractivity contribution < 1.29 is 9.18 Å². The van der Waals surface area contributed by atoms with Gasteiger partial charge >= 0.3 is 0 Å². The van der Waals surface area contributed by atoms with E-state index in [1.807, 2.05) is 0 Å². The van der Waals surface area contributed by atoms with E-state index in [9.17, 15) is 9.18 Å². The molecule has 19 heavy (non-hydrogen) atoms. The lowest BCUT2D eigenvalue weighted by atomic mass is 9.84. The van der Waals surface area contributed by atoms with Crippen LogP contribution >= 0.6 is 0 Å². The maximum absolute atomic E-state index is 13.2. The molecule has 0 radical (unpaired) electrons. The first-order valence-electron chi connectivity index (χ1n) is 6.52. The highest BCUT2D eigenvalue weighted by molar-refractivity contribution is 5.94. The third kappa shape index (κ3) is 4.31. The number of halogens is 1. The summed E-state index contributed by atoms with van der Waals surface area (Å²) in [5.74, 6) is -0.484. The standard InChI is InChI=1S/C15H23FN2O/c1-10-9-11(5-6-12(10)16)14(19)18-13(7-8-17)15(2,3)4/h5-6,9,13H,7-8,17H2,1-4H3,(H,18,19). The Labute approximate surface area is 114 Å². The number of hydrogen-bond donors (Lipinski definition) is 2. The highest BCUT2D eigenvalue weighted by atomic mass is 19.1. The van der Waals surface area contributed by atoms with Crippen LogP contribution < -0.4 is 11.1 Å². The van der Waals surface area contributed by atoms with Crippen molar-refractivity contribution in [2.75, 3.05) is 6.54 Å². The summed E-state index contributed by atoms with van der Waals surface area (Å²) in [6.45, 7) is 8.34. The van der Waals surface area contributed by atoms with Crippen molar-refractivity contribution >= 4 is 5.91 Å². The number of amides is 1. The highest BCUT2D eigenvalue weighted by Crippen LogP contribution is 2.22. The molecule has 3 nitrogen and oxygen atoms in total. The van der Waals surface area contributed by atoms with E-state index in [1.54, 1.807) is 13.0 Å². The van der Waals surface area contributed by atoms with Crippen LogP contribution in [0.1, 0.15) is 43.1 Å². The third-order valence-electron chi connectivity index (χ3n) is 3.23. The topological polar surface area (TPSA) is 55.1 Å². The molecular weight excluding hydrogens is 243 g/mol. The number of benzene rings is 1. The average Bonchev–Trinajstić information content (AvgIpc) is 2.30. The lowest BCUT2D eigenvalue weighted by Crippen LogP contribution is -2.44. The molecule has 0 bridgehead atoms. The summed E-state index contributed by atoms with van der Waals surface area (Å²) in [6.07, 6.45) is 0.718. The predicted octanol–water partition coefficient (Wildman–Crippen LogP) is 2.63. The molecule has 0 saturated heterocycles. The predicted molar refractivity (Wildman–Crippen MR) is 75.5 cm³/mol. The minimum atomic E-state index is -0.300. The number of nitrogens with two attached hydrogens (primary N) is 1. The Hall–Kier alpha value is -1.42. The van der Waals surface area contributed by atoms with Crippen molar-refractivity contribution in [1.29, 1.82) is 0 Å². The van der Waals surface area contributed by atoms with E-state index in [0.29, 0.717) is 17.7 Å². The van der Waals surface area contributed by atoms with E-state index in [4.69, 9.17) is 5.73 Å². The summed E-state index contributed by atoms with van der Waals surface area (Å²) in [7, 11) is 0. The second-order valence-electron chi connectivity index (χ2n) is 5.93. The number of rotatable bonds is 4. The highest BCUT2D eigenvalue weighted by Gasteiger charge is 2.25. The molecule has 0 aliphatic rings. The molecule has 0 aliphatic carbocycles. The van der Waals surface area contributed by atoms with Gasteiger partial charge < -0.3 is 11.1 Å². The van der Waals surface area contributed by atoms with E-state index in [2.05, 4.69) is 26.1 Å². The molecule has 3 N–H and O–H groups in total. The van der Waals surface area contributed by atoms with Crippen LogP contribution in [-0.4, -0.2) is 18.5 Å². The summed E-state index contributed by atoms with van der Waals surface area (Å²) >= 11 is 0. The smallest absolute Gasteiger partial charge is 0.251 e. The number of carbonyl (C=O) groups is 1. The Bertz CT molecular complexity index is 452. The van der Waals surface area contributed by atoms with E-state index < -0.39 is 0 Å². The summed E-state index contributed by atoms with van der Waals surface area (Å²) in [5.41, 5.74) is 6.47. The normalized spacial score (nSPS) is 13.2. The minimum absolute atomic E-state index is 0.00430. The second kappa shape index (κ2) is 6.15. The Morgan fingerprint density at radius 1 is 1.42 bits per heavy atom. The molecule has 1 aromatic rings. The fourth-order valence-electron chi connectivity index (χ4n) is 1.92. The quantitative estimate of drug-likeness (QED) is 0.880. The van der Waals surface area contributed by atoms with Crippen LogP contribution in [0.15, 0.2) is 18.2 Å². The molecular formula is C15H23FN2O. The van der Waals surface area contributed by atoms with Gasteiger partial charge in [0.25, 0.3) is 5.91 Å². The van der Waals surface area contributed by atoms with E-state index in [-0.39, 0.29) is 23.2 Å². The van der Waals surface area contributed by atoms with E-state index in [1.165, 1.54) is 12.1 Å². The van der Waals surface area contributed by atoms with Gasteiger partial charge in [0.2, 0.25) is 0 Å². The zero-order valence-corrected chi connectivity index (χ0v) is 12.1. The van der Waals surface area contributed by atoms with E-state index >= 15 is 0 Å². The van der Waals surface area contributed by atoms with Gasteiger partial charge in [-0.05, 0) is 49.1 Å². The monoisotopic (exact) mass is 266 g/mol.